The molecule has 0 aliphatic heterocycles. The van der Waals surface area contributed by atoms with Crippen molar-refractivity contribution in [2.75, 3.05) is 13.2 Å². The molecule has 6 aliphatic carbocycles. The Morgan fingerprint density at radius 2 is 1.07 bits per heavy atom. The van der Waals surface area contributed by atoms with Crippen LogP contribution in [0.25, 0.3) is 0 Å². The van der Waals surface area contributed by atoms with Crippen molar-refractivity contribution in [2.45, 2.75) is 132 Å². The predicted octanol–water partition coefficient (Wildman–Crippen LogP) is 10.3. The normalized spacial score (nSPS) is 40.3. The van der Waals surface area contributed by atoms with Crippen LogP contribution in [0.5, 0.6) is 0 Å². The predicted molar refractivity (Wildman–Crippen MR) is 186 cm³/mol. The van der Waals surface area contributed by atoms with Crippen LogP contribution in [0.1, 0.15) is 132 Å². The SMILES string of the molecule is CC(C)C1=CC2=CC[C@@H]3[C@](C)(CCC[C@@]3(C)C(=O)OCCOC(=O)[C@]3(C)CCC[C@@]4(C)[C@H]3CC=C3C=C(C(C)C)CC[C@@H]34)[C@H]2CC1. The third-order valence-electron chi connectivity index (χ3n) is 14.6. The zero-order chi connectivity index (χ0) is 33.1. The van der Waals surface area contributed by atoms with Gasteiger partial charge in [-0.2, -0.15) is 0 Å². The molecule has 6 aliphatic rings. The monoisotopic (exact) mass is 630 g/mol. The average Bonchev–Trinajstić information content (AvgIpc) is 3.02. The van der Waals surface area contributed by atoms with Crippen LogP contribution >= 0.6 is 0 Å². The molecule has 0 N–H and O–H groups in total. The minimum absolute atomic E-state index is 0.0990. The summed E-state index contributed by atoms with van der Waals surface area (Å²) in [5.74, 6) is 2.60. The van der Waals surface area contributed by atoms with Gasteiger partial charge in [0.2, 0.25) is 0 Å². The number of ether oxygens (including phenoxy) is 2. The maximum atomic E-state index is 13.9. The number of carbonyl (C=O) groups is 2. The van der Waals surface area contributed by atoms with Crippen molar-refractivity contribution in [3.63, 3.8) is 0 Å². The lowest BCUT2D eigenvalue weighted by molar-refractivity contribution is -0.178. The molecule has 4 heteroatoms. The average molecular weight is 631 g/mol. The molecular formula is C42H62O4. The van der Waals surface area contributed by atoms with Crippen LogP contribution in [0.15, 0.2) is 46.6 Å². The lowest BCUT2D eigenvalue weighted by Crippen LogP contribution is -2.54. The van der Waals surface area contributed by atoms with E-state index in [-0.39, 0.29) is 47.8 Å². The van der Waals surface area contributed by atoms with Gasteiger partial charge in [-0.05, 0) is 136 Å². The fourth-order valence-electron chi connectivity index (χ4n) is 11.8. The minimum atomic E-state index is -0.506. The molecule has 8 atom stereocenters. The highest BCUT2D eigenvalue weighted by Gasteiger charge is 2.59. The summed E-state index contributed by atoms with van der Waals surface area (Å²) >= 11 is 0. The van der Waals surface area contributed by atoms with Crippen molar-refractivity contribution in [2.24, 2.45) is 57.2 Å². The van der Waals surface area contributed by atoms with E-state index in [2.05, 4.69) is 79.7 Å². The number of carbonyl (C=O) groups excluding carboxylic acids is 2. The van der Waals surface area contributed by atoms with Gasteiger partial charge in [-0.3, -0.25) is 9.59 Å². The third kappa shape index (κ3) is 5.50. The number of hydrogen-bond acceptors (Lipinski definition) is 4. The second-order valence-corrected chi connectivity index (χ2v) is 17.7. The van der Waals surface area contributed by atoms with Crippen LogP contribution in [-0.2, 0) is 19.1 Å². The molecule has 6 rings (SSSR count). The first-order chi connectivity index (χ1) is 21.7. The van der Waals surface area contributed by atoms with E-state index in [0.717, 1.165) is 38.5 Å². The van der Waals surface area contributed by atoms with E-state index in [4.69, 9.17) is 9.47 Å². The number of allylic oxidation sites excluding steroid dienone is 8. The number of fused-ring (bicyclic) bond motifs is 6. The van der Waals surface area contributed by atoms with Crippen molar-refractivity contribution in [3.05, 3.63) is 46.6 Å². The summed E-state index contributed by atoms with van der Waals surface area (Å²) in [6.45, 7) is 18.7. The van der Waals surface area contributed by atoms with Gasteiger partial charge in [-0.25, -0.2) is 0 Å². The van der Waals surface area contributed by atoms with Crippen LogP contribution in [0.2, 0.25) is 0 Å². The van der Waals surface area contributed by atoms with Crippen LogP contribution in [-0.4, -0.2) is 25.2 Å². The molecular weight excluding hydrogens is 568 g/mol. The molecule has 0 saturated heterocycles. The Bertz CT molecular complexity index is 1240. The fraction of sp³-hybridized carbons (Fsp3) is 0.762. The second kappa shape index (κ2) is 12.4. The first-order valence-corrected chi connectivity index (χ1v) is 18.9. The van der Waals surface area contributed by atoms with Crippen LogP contribution in [0.3, 0.4) is 0 Å². The van der Waals surface area contributed by atoms with Gasteiger partial charge in [0, 0.05) is 0 Å². The molecule has 2 saturated carbocycles. The molecule has 0 heterocycles. The van der Waals surface area contributed by atoms with E-state index in [1.807, 2.05) is 0 Å². The summed E-state index contributed by atoms with van der Waals surface area (Å²) in [6.07, 6.45) is 22.6. The van der Waals surface area contributed by atoms with Crippen molar-refractivity contribution in [1.29, 1.82) is 0 Å². The molecule has 0 radical (unpaired) electrons. The van der Waals surface area contributed by atoms with E-state index in [9.17, 15) is 9.59 Å². The summed E-state index contributed by atoms with van der Waals surface area (Å²) < 4.78 is 12.0. The molecule has 4 nitrogen and oxygen atoms in total. The standard InChI is InChI=1S/C42H62O4/c1-27(2)29-11-15-33-31(25-29)13-17-35-39(33,5)19-9-21-41(35,7)37(43)45-23-24-46-38(44)42(8)22-10-20-40(6)34-16-12-30(28(3)4)26-32(34)14-18-36(40)42/h13-14,25-28,33-36H,9-12,15-24H2,1-8H3/t33-,34-,35+,36+,39+,40+,41+,42+/m0/s1. The molecule has 0 aromatic heterocycles. The first-order valence-electron chi connectivity index (χ1n) is 18.9. The van der Waals surface area contributed by atoms with Gasteiger partial charge in [0.25, 0.3) is 0 Å². The third-order valence-corrected chi connectivity index (χ3v) is 14.6. The molecule has 46 heavy (non-hydrogen) atoms. The number of hydrogen-bond donors (Lipinski definition) is 0. The van der Waals surface area contributed by atoms with Crippen LogP contribution < -0.4 is 0 Å². The smallest absolute Gasteiger partial charge is 0.312 e. The Labute approximate surface area is 279 Å². The first kappa shape index (κ1) is 33.8. The largest absolute Gasteiger partial charge is 0.462 e. The summed E-state index contributed by atoms with van der Waals surface area (Å²) in [4.78, 5) is 27.7. The highest BCUT2D eigenvalue weighted by Crippen LogP contribution is 2.64. The Morgan fingerprint density at radius 1 is 0.674 bits per heavy atom. The zero-order valence-electron chi connectivity index (χ0n) is 30.3. The van der Waals surface area contributed by atoms with Crippen molar-refractivity contribution in [1.82, 2.24) is 0 Å². The maximum Gasteiger partial charge on any atom is 0.312 e. The van der Waals surface area contributed by atoms with Gasteiger partial charge in [0.05, 0.1) is 10.8 Å². The van der Waals surface area contributed by atoms with Gasteiger partial charge in [-0.1, -0.05) is 89.8 Å². The minimum Gasteiger partial charge on any atom is -0.462 e. The van der Waals surface area contributed by atoms with Crippen molar-refractivity contribution >= 4 is 11.9 Å². The fourth-order valence-corrected chi connectivity index (χ4v) is 11.8. The molecule has 0 bridgehead atoms. The molecule has 254 valence electrons. The lowest BCUT2D eigenvalue weighted by atomic mass is 9.47. The van der Waals surface area contributed by atoms with E-state index < -0.39 is 10.8 Å². The van der Waals surface area contributed by atoms with Gasteiger partial charge in [-0.15, -0.1) is 0 Å². The Balaban J connectivity index is 1.08. The van der Waals surface area contributed by atoms with E-state index in [0.29, 0.717) is 23.7 Å². The molecule has 0 unspecified atom stereocenters. The summed E-state index contributed by atoms with van der Waals surface area (Å²) in [6, 6.07) is 0. The van der Waals surface area contributed by atoms with Crippen LogP contribution in [0, 0.1) is 57.2 Å². The Hall–Kier alpha value is -2.10. The lowest BCUT2D eigenvalue weighted by Gasteiger charge is -2.57. The highest BCUT2D eigenvalue weighted by atomic mass is 16.6. The molecule has 0 aromatic rings. The van der Waals surface area contributed by atoms with Gasteiger partial charge >= 0.3 is 11.9 Å². The number of esters is 2. The topological polar surface area (TPSA) is 52.6 Å². The summed E-state index contributed by atoms with van der Waals surface area (Å²) in [7, 11) is 0. The van der Waals surface area contributed by atoms with Gasteiger partial charge in [0.1, 0.15) is 13.2 Å². The Morgan fingerprint density at radius 3 is 1.43 bits per heavy atom. The zero-order valence-corrected chi connectivity index (χ0v) is 30.3. The van der Waals surface area contributed by atoms with Crippen molar-refractivity contribution < 1.29 is 19.1 Å². The summed E-state index contributed by atoms with van der Waals surface area (Å²) in [5.41, 5.74) is 5.37. The van der Waals surface area contributed by atoms with E-state index >= 15 is 0 Å². The highest BCUT2D eigenvalue weighted by molar-refractivity contribution is 5.78. The molecule has 0 amide bonds. The number of rotatable bonds is 7. The molecule has 0 spiro atoms. The van der Waals surface area contributed by atoms with Gasteiger partial charge < -0.3 is 9.47 Å². The second-order valence-electron chi connectivity index (χ2n) is 17.7. The summed E-state index contributed by atoms with van der Waals surface area (Å²) in [5, 5.41) is 0. The van der Waals surface area contributed by atoms with Crippen molar-refractivity contribution in [3.8, 4) is 0 Å². The van der Waals surface area contributed by atoms with E-state index in [1.165, 1.54) is 49.7 Å². The maximum absolute atomic E-state index is 13.9. The van der Waals surface area contributed by atoms with Gasteiger partial charge in [0.15, 0.2) is 0 Å². The quantitative estimate of drug-likeness (QED) is 0.207. The Kier molecular flexibility index (Phi) is 9.12. The van der Waals surface area contributed by atoms with E-state index in [1.54, 1.807) is 11.1 Å². The van der Waals surface area contributed by atoms with Crippen LogP contribution in [0.4, 0.5) is 0 Å². The molecule has 2 fully saturated rings. The molecule has 0 aromatic carbocycles.